The van der Waals surface area contributed by atoms with Crippen LogP contribution in [0.5, 0.6) is 5.75 Å². The van der Waals surface area contributed by atoms with Crippen LogP contribution in [0.3, 0.4) is 0 Å². The summed E-state index contributed by atoms with van der Waals surface area (Å²) in [6, 6.07) is 4.46. The summed E-state index contributed by atoms with van der Waals surface area (Å²) in [6.07, 6.45) is 1.32. The molecule has 1 aromatic rings. The fourth-order valence-corrected chi connectivity index (χ4v) is 2.12. The Morgan fingerprint density at radius 2 is 2.13 bits per heavy atom. The zero-order valence-electron chi connectivity index (χ0n) is 8.96. The largest absolute Gasteiger partial charge is 0.496 e. The molecule has 0 heterocycles. The second-order valence-electron chi connectivity index (χ2n) is 4.18. The van der Waals surface area contributed by atoms with Crippen LogP contribution in [0, 0.1) is 5.82 Å². The molecule has 1 aliphatic carbocycles. The van der Waals surface area contributed by atoms with Crippen molar-refractivity contribution in [3.05, 3.63) is 29.6 Å². The van der Waals surface area contributed by atoms with Gasteiger partial charge >= 0.3 is 0 Å². The second-order valence-corrected chi connectivity index (χ2v) is 4.18. The number of aliphatic hydroxyl groups is 1. The van der Waals surface area contributed by atoms with Gasteiger partial charge in [-0.15, -0.1) is 0 Å². The van der Waals surface area contributed by atoms with E-state index in [9.17, 15) is 9.50 Å². The van der Waals surface area contributed by atoms with Gasteiger partial charge in [0.1, 0.15) is 11.6 Å². The Morgan fingerprint density at radius 1 is 1.47 bits per heavy atom. The first-order valence-corrected chi connectivity index (χ1v) is 5.12. The molecule has 3 heteroatoms. The number of rotatable bonds is 3. The lowest BCUT2D eigenvalue weighted by molar-refractivity contribution is 0.149. The maximum absolute atomic E-state index is 13.2. The van der Waals surface area contributed by atoms with Gasteiger partial charge in [0.05, 0.1) is 13.2 Å². The Morgan fingerprint density at radius 3 is 2.60 bits per heavy atom. The van der Waals surface area contributed by atoms with Gasteiger partial charge in [0, 0.05) is 11.0 Å². The fraction of sp³-hybridized carbons (Fsp3) is 0.500. The molecule has 82 valence electrons. The summed E-state index contributed by atoms with van der Waals surface area (Å²) in [5.74, 6) is 0.382. The molecule has 1 aliphatic rings. The lowest BCUT2D eigenvalue weighted by Gasteiger charge is -2.21. The van der Waals surface area contributed by atoms with Crippen LogP contribution in [0.15, 0.2) is 18.2 Å². The molecular weight excluding hydrogens is 195 g/mol. The summed E-state index contributed by atoms with van der Waals surface area (Å²) in [6.45, 7) is 1.75. The van der Waals surface area contributed by atoms with Crippen LogP contribution in [-0.4, -0.2) is 18.3 Å². The Balaban J connectivity index is 2.46. The Bertz CT molecular complexity index is 370. The standard InChI is InChI=1S/C12H15FO2/c1-8(14)12(5-6-12)10-7-9(13)3-4-11(10)15-2/h3-4,7-8,14H,5-6H2,1-2H3. The van der Waals surface area contributed by atoms with Crippen LogP contribution in [0.2, 0.25) is 0 Å². The molecule has 0 aromatic heterocycles. The summed E-state index contributed by atoms with van der Waals surface area (Å²) in [4.78, 5) is 0. The van der Waals surface area contributed by atoms with Crippen LogP contribution in [0.1, 0.15) is 25.3 Å². The molecule has 2 nitrogen and oxygen atoms in total. The molecular formula is C12H15FO2. The zero-order chi connectivity index (χ0) is 11.1. The van der Waals surface area contributed by atoms with E-state index < -0.39 is 6.10 Å². The van der Waals surface area contributed by atoms with E-state index in [1.807, 2.05) is 0 Å². The van der Waals surface area contributed by atoms with Crippen molar-refractivity contribution in [2.24, 2.45) is 0 Å². The SMILES string of the molecule is COc1ccc(F)cc1C1(C(C)O)CC1. The van der Waals surface area contributed by atoms with Gasteiger partial charge in [-0.1, -0.05) is 0 Å². The normalized spacial score (nSPS) is 19.7. The molecule has 15 heavy (non-hydrogen) atoms. The van der Waals surface area contributed by atoms with Crippen LogP contribution < -0.4 is 4.74 Å². The molecule has 0 aliphatic heterocycles. The Labute approximate surface area is 88.7 Å². The summed E-state index contributed by atoms with van der Waals surface area (Å²) in [5.41, 5.74) is 0.507. The van der Waals surface area contributed by atoms with Crippen molar-refractivity contribution in [3.8, 4) is 5.75 Å². The van der Waals surface area contributed by atoms with E-state index in [0.29, 0.717) is 5.75 Å². The average molecular weight is 210 g/mol. The third-order valence-electron chi connectivity index (χ3n) is 3.29. The van der Waals surface area contributed by atoms with Crippen molar-refractivity contribution >= 4 is 0 Å². The molecule has 1 N–H and O–H groups in total. The third-order valence-corrected chi connectivity index (χ3v) is 3.29. The van der Waals surface area contributed by atoms with Gasteiger partial charge in [-0.3, -0.25) is 0 Å². The second kappa shape index (κ2) is 3.49. The summed E-state index contributed by atoms with van der Waals surface area (Å²) in [5, 5.41) is 9.73. The van der Waals surface area contributed by atoms with Gasteiger partial charge in [-0.2, -0.15) is 0 Å². The van der Waals surface area contributed by atoms with Crippen molar-refractivity contribution in [2.45, 2.75) is 31.3 Å². The highest BCUT2D eigenvalue weighted by molar-refractivity contribution is 5.44. The average Bonchev–Trinajstić information content (AvgIpc) is 2.98. The highest BCUT2D eigenvalue weighted by Crippen LogP contribution is 2.53. The smallest absolute Gasteiger partial charge is 0.123 e. The monoisotopic (exact) mass is 210 g/mol. The number of hydrogen-bond acceptors (Lipinski definition) is 2. The van der Waals surface area contributed by atoms with Gasteiger partial charge in [0.25, 0.3) is 0 Å². The van der Waals surface area contributed by atoms with Crippen LogP contribution in [0.25, 0.3) is 0 Å². The fourth-order valence-electron chi connectivity index (χ4n) is 2.12. The predicted octanol–water partition coefficient (Wildman–Crippen LogP) is 2.25. The molecule has 2 rings (SSSR count). The lowest BCUT2D eigenvalue weighted by Crippen LogP contribution is -2.23. The number of aliphatic hydroxyl groups excluding tert-OH is 1. The molecule has 0 bridgehead atoms. The number of hydrogen-bond donors (Lipinski definition) is 1. The van der Waals surface area contributed by atoms with E-state index in [2.05, 4.69) is 0 Å². The van der Waals surface area contributed by atoms with E-state index in [0.717, 1.165) is 18.4 Å². The molecule has 1 unspecified atom stereocenters. The molecule has 0 radical (unpaired) electrons. The summed E-state index contributed by atoms with van der Waals surface area (Å²) in [7, 11) is 1.56. The maximum Gasteiger partial charge on any atom is 0.123 e. The van der Waals surface area contributed by atoms with Gasteiger partial charge in [0.15, 0.2) is 0 Å². The van der Waals surface area contributed by atoms with E-state index >= 15 is 0 Å². The van der Waals surface area contributed by atoms with Gasteiger partial charge in [-0.05, 0) is 38.0 Å². The third kappa shape index (κ3) is 1.61. The Kier molecular flexibility index (Phi) is 2.43. The van der Waals surface area contributed by atoms with Gasteiger partial charge in [-0.25, -0.2) is 4.39 Å². The maximum atomic E-state index is 13.2. The molecule has 1 fully saturated rings. The topological polar surface area (TPSA) is 29.5 Å². The highest BCUT2D eigenvalue weighted by Gasteiger charge is 2.50. The lowest BCUT2D eigenvalue weighted by atomic mass is 9.90. The number of methoxy groups -OCH3 is 1. The van der Waals surface area contributed by atoms with Crippen LogP contribution in [0.4, 0.5) is 4.39 Å². The first-order valence-electron chi connectivity index (χ1n) is 5.12. The van der Waals surface area contributed by atoms with Crippen molar-refractivity contribution in [3.63, 3.8) is 0 Å². The van der Waals surface area contributed by atoms with Crippen molar-refractivity contribution in [1.29, 1.82) is 0 Å². The van der Waals surface area contributed by atoms with E-state index in [-0.39, 0.29) is 11.2 Å². The number of ether oxygens (including phenoxy) is 1. The van der Waals surface area contributed by atoms with Gasteiger partial charge in [0.2, 0.25) is 0 Å². The molecule has 0 saturated heterocycles. The quantitative estimate of drug-likeness (QED) is 0.829. The van der Waals surface area contributed by atoms with Crippen LogP contribution >= 0.6 is 0 Å². The minimum atomic E-state index is -0.465. The van der Waals surface area contributed by atoms with E-state index in [1.165, 1.54) is 12.1 Å². The van der Waals surface area contributed by atoms with Crippen molar-refractivity contribution in [2.75, 3.05) is 7.11 Å². The summed E-state index contributed by atoms with van der Waals surface area (Å²) < 4.78 is 18.4. The molecule has 0 amide bonds. The van der Waals surface area contributed by atoms with Gasteiger partial charge < -0.3 is 9.84 Å². The highest BCUT2D eigenvalue weighted by atomic mass is 19.1. The number of benzene rings is 1. The van der Waals surface area contributed by atoms with E-state index in [4.69, 9.17) is 4.74 Å². The molecule has 1 atom stereocenters. The predicted molar refractivity (Wildman–Crippen MR) is 55.5 cm³/mol. The first-order chi connectivity index (χ1) is 7.10. The van der Waals surface area contributed by atoms with Crippen molar-refractivity contribution in [1.82, 2.24) is 0 Å². The zero-order valence-corrected chi connectivity index (χ0v) is 8.96. The van der Waals surface area contributed by atoms with Crippen LogP contribution in [-0.2, 0) is 5.41 Å². The molecule has 1 saturated carbocycles. The molecule has 1 aromatic carbocycles. The first kappa shape index (κ1) is 10.4. The minimum Gasteiger partial charge on any atom is -0.496 e. The number of halogens is 1. The van der Waals surface area contributed by atoms with Crippen molar-refractivity contribution < 1.29 is 14.2 Å². The minimum absolute atomic E-state index is 0.280. The Hall–Kier alpha value is -1.09. The van der Waals surface area contributed by atoms with E-state index in [1.54, 1.807) is 20.1 Å². The summed E-state index contributed by atoms with van der Waals surface area (Å²) >= 11 is 0. The molecule has 0 spiro atoms.